The van der Waals surface area contributed by atoms with Crippen molar-refractivity contribution in [3.05, 3.63) is 51.4 Å². The zero-order valence-corrected chi connectivity index (χ0v) is 11.9. The highest BCUT2D eigenvalue weighted by molar-refractivity contribution is 9.09. The third kappa shape index (κ3) is 2.07. The highest BCUT2D eigenvalue weighted by atomic mass is 79.9. The van der Waals surface area contributed by atoms with Crippen molar-refractivity contribution in [2.75, 3.05) is 0 Å². The molecule has 5 heteroatoms. The number of nitrogens with zero attached hydrogens (tertiary/aromatic N) is 2. The number of rotatable bonds is 2. The summed E-state index contributed by atoms with van der Waals surface area (Å²) in [5.74, 6) is 0. The van der Waals surface area contributed by atoms with Crippen molar-refractivity contribution in [3.63, 3.8) is 0 Å². The fourth-order valence-corrected chi connectivity index (χ4v) is 2.90. The molecule has 1 heterocycles. The summed E-state index contributed by atoms with van der Waals surface area (Å²) >= 11 is 9.53. The Labute approximate surface area is 113 Å². The van der Waals surface area contributed by atoms with Crippen molar-refractivity contribution in [3.8, 4) is 5.69 Å². The number of para-hydroxylation sites is 1. The van der Waals surface area contributed by atoms with Gasteiger partial charge in [0.25, 0.3) is 5.56 Å². The molecule has 90 valence electrons. The van der Waals surface area contributed by atoms with Crippen LogP contribution in [-0.4, -0.2) is 9.36 Å². The minimum atomic E-state index is -0.193. The molecule has 0 aliphatic heterocycles. The van der Waals surface area contributed by atoms with Crippen molar-refractivity contribution < 1.29 is 0 Å². The van der Waals surface area contributed by atoms with Gasteiger partial charge in [0.2, 0.25) is 0 Å². The Hall–Kier alpha value is -1.00. The van der Waals surface area contributed by atoms with Crippen LogP contribution < -0.4 is 5.56 Å². The van der Waals surface area contributed by atoms with Gasteiger partial charge in [0.05, 0.1) is 16.2 Å². The van der Waals surface area contributed by atoms with Crippen LogP contribution in [0.3, 0.4) is 0 Å². The summed E-state index contributed by atoms with van der Waals surface area (Å²) in [7, 11) is 1.83. The summed E-state index contributed by atoms with van der Waals surface area (Å²) in [5.41, 5.74) is 1.39. The zero-order chi connectivity index (χ0) is 12.6. The molecule has 0 saturated heterocycles. The van der Waals surface area contributed by atoms with Crippen molar-refractivity contribution in [1.82, 2.24) is 9.36 Å². The molecule has 0 spiro atoms. The summed E-state index contributed by atoms with van der Waals surface area (Å²) in [6, 6.07) is 9.44. The van der Waals surface area contributed by atoms with Crippen molar-refractivity contribution in [2.24, 2.45) is 7.05 Å². The molecule has 0 fully saturated rings. The second-order valence-corrected chi connectivity index (χ2v) is 5.54. The number of hydrogen-bond acceptors (Lipinski definition) is 1. The summed E-state index contributed by atoms with van der Waals surface area (Å²) in [4.78, 5) is 12.1. The first-order chi connectivity index (χ1) is 8.04. The number of halogens is 2. The number of alkyl halides is 1. The van der Waals surface area contributed by atoms with Crippen LogP contribution in [0.2, 0.25) is 5.02 Å². The number of hydrogen-bond donors (Lipinski definition) is 0. The molecule has 0 aliphatic carbocycles. The molecule has 1 aromatic carbocycles. The topological polar surface area (TPSA) is 26.9 Å². The van der Waals surface area contributed by atoms with E-state index in [1.165, 1.54) is 0 Å². The van der Waals surface area contributed by atoms with E-state index in [4.69, 9.17) is 11.6 Å². The lowest BCUT2D eigenvalue weighted by Gasteiger charge is -2.10. The van der Waals surface area contributed by atoms with Gasteiger partial charge in [-0.05, 0) is 19.1 Å². The highest BCUT2D eigenvalue weighted by Gasteiger charge is 2.19. The minimum absolute atomic E-state index is 0.0256. The highest BCUT2D eigenvalue weighted by Crippen LogP contribution is 2.27. The van der Waals surface area contributed by atoms with E-state index < -0.39 is 0 Å². The van der Waals surface area contributed by atoms with Gasteiger partial charge in [-0.2, -0.15) is 0 Å². The minimum Gasteiger partial charge on any atom is -0.282 e. The van der Waals surface area contributed by atoms with Crippen molar-refractivity contribution in [2.45, 2.75) is 11.8 Å². The first-order valence-corrected chi connectivity index (χ1v) is 6.50. The molecule has 17 heavy (non-hydrogen) atoms. The molecule has 0 radical (unpaired) electrons. The maximum absolute atomic E-state index is 12.1. The second-order valence-electron chi connectivity index (χ2n) is 3.79. The molecular weight excluding hydrogens is 304 g/mol. The fraction of sp³-hybridized carbons (Fsp3) is 0.250. The Morgan fingerprint density at radius 2 is 1.88 bits per heavy atom. The van der Waals surface area contributed by atoms with E-state index in [1.54, 1.807) is 9.36 Å². The Morgan fingerprint density at radius 3 is 2.35 bits per heavy atom. The molecule has 2 aromatic rings. The van der Waals surface area contributed by atoms with Crippen molar-refractivity contribution >= 4 is 27.5 Å². The molecule has 1 aromatic heterocycles. The largest absolute Gasteiger partial charge is 0.290 e. The maximum Gasteiger partial charge on any atom is 0.290 e. The molecule has 0 bridgehead atoms. The van der Waals surface area contributed by atoms with Crippen LogP contribution in [0, 0.1) is 0 Å². The van der Waals surface area contributed by atoms with Gasteiger partial charge >= 0.3 is 0 Å². The van der Waals surface area contributed by atoms with E-state index in [0.29, 0.717) is 0 Å². The molecule has 1 atom stereocenters. The van der Waals surface area contributed by atoms with Gasteiger partial charge in [-0.3, -0.25) is 9.48 Å². The summed E-state index contributed by atoms with van der Waals surface area (Å²) in [6.07, 6.45) is 0. The molecule has 0 N–H and O–H groups in total. The van der Waals surface area contributed by atoms with E-state index >= 15 is 0 Å². The number of aromatic nitrogens is 2. The van der Waals surface area contributed by atoms with E-state index in [0.717, 1.165) is 11.4 Å². The standard InChI is InChI=1S/C12H12BrClN2O/c1-8(13)11-10(14)12(17)16(15(11)2)9-6-4-3-5-7-9/h3-8H,1-2H3. The van der Waals surface area contributed by atoms with Crippen LogP contribution in [0.5, 0.6) is 0 Å². The van der Waals surface area contributed by atoms with Gasteiger partial charge in [0.1, 0.15) is 5.02 Å². The normalized spacial score (nSPS) is 12.7. The van der Waals surface area contributed by atoms with E-state index in [1.807, 2.05) is 44.3 Å². The van der Waals surface area contributed by atoms with Crippen molar-refractivity contribution in [1.29, 1.82) is 0 Å². The Kier molecular flexibility index (Phi) is 3.45. The summed E-state index contributed by atoms with van der Waals surface area (Å²) in [6.45, 7) is 1.94. The summed E-state index contributed by atoms with van der Waals surface area (Å²) < 4.78 is 3.34. The van der Waals surface area contributed by atoms with Crippen LogP contribution in [0.4, 0.5) is 0 Å². The molecule has 0 saturated carbocycles. The first kappa shape index (κ1) is 12.5. The monoisotopic (exact) mass is 314 g/mol. The summed E-state index contributed by atoms with van der Waals surface area (Å²) in [5, 5.41) is 0.265. The van der Waals surface area contributed by atoms with Gasteiger partial charge in [-0.25, -0.2) is 4.68 Å². The maximum atomic E-state index is 12.1. The molecule has 3 nitrogen and oxygen atoms in total. The lowest BCUT2D eigenvalue weighted by Crippen LogP contribution is -2.19. The van der Waals surface area contributed by atoms with Gasteiger partial charge in [0, 0.05) is 7.05 Å². The third-order valence-electron chi connectivity index (χ3n) is 2.63. The molecule has 1 unspecified atom stereocenters. The predicted octanol–water partition coefficient (Wildman–Crippen LogP) is 3.29. The van der Waals surface area contributed by atoms with Gasteiger partial charge in [0.15, 0.2) is 0 Å². The fourth-order valence-electron chi connectivity index (χ4n) is 1.88. The third-order valence-corrected chi connectivity index (χ3v) is 3.42. The second kappa shape index (κ2) is 4.70. The van der Waals surface area contributed by atoms with Crippen LogP contribution in [0.1, 0.15) is 17.4 Å². The van der Waals surface area contributed by atoms with Gasteiger partial charge in [-0.15, -0.1) is 0 Å². The smallest absolute Gasteiger partial charge is 0.282 e. The zero-order valence-electron chi connectivity index (χ0n) is 9.52. The Balaban J connectivity index is 2.73. The SMILES string of the molecule is CC(Br)c1c(Cl)c(=O)n(-c2ccccc2)n1C. The number of benzene rings is 1. The van der Waals surface area contributed by atoms with Gasteiger partial charge < -0.3 is 0 Å². The average Bonchev–Trinajstić information content (AvgIpc) is 2.51. The van der Waals surface area contributed by atoms with Crippen LogP contribution >= 0.6 is 27.5 Å². The Bertz CT molecular complexity index is 587. The molecular formula is C12H12BrClN2O. The molecule has 0 aliphatic rings. The van der Waals surface area contributed by atoms with Gasteiger partial charge in [-0.1, -0.05) is 45.7 Å². The molecule has 0 amide bonds. The molecule has 2 rings (SSSR count). The predicted molar refractivity (Wildman–Crippen MR) is 73.4 cm³/mol. The van der Waals surface area contributed by atoms with E-state index in [9.17, 15) is 4.79 Å². The quantitative estimate of drug-likeness (QED) is 0.781. The Morgan fingerprint density at radius 1 is 1.29 bits per heavy atom. The average molecular weight is 316 g/mol. The lowest BCUT2D eigenvalue weighted by molar-refractivity contribution is 0.617. The van der Waals surface area contributed by atoms with Crippen LogP contribution in [0.15, 0.2) is 35.1 Å². The van der Waals surface area contributed by atoms with E-state index in [2.05, 4.69) is 15.9 Å². The van der Waals surface area contributed by atoms with Crippen LogP contribution in [0.25, 0.3) is 5.69 Å². The first-order valence-electron chi connectivity index (χ1n) is 5.21. The lowest BCUT2D eigenvalue weighted by atomic mass is 10.3. The van der Waals surface area contributed by atoms with E-state index in [-0.39, 0.29) is 15.4 Å². The van der Waals surface area contributed by atoms with Crippen LogP contribution in [-0.2, 0) is 7.05 Å².